The summed E-state index contributed by atoms with van der Waals surface area (Å²) < 4.78 is 26.6. The van der Waals surface area contributed by atoms with E-state index < -0.39 is 0 Å². The van der Waals surface area contributed by atoms with Crippen molar-refractivity contribution in [1.82, 2.24) is 9.80 Å². The van der Waals surface area contributed by atoms with Crippen LogP contribution in [0.1, 0.15) is 41.8 Å². The number of hydrogen-bond donors (Lipinski definition) is 0. The maximum atomic E-state index is 13.5. The number of halogens is 2. The molecular formula is C27H30F2N2O2S. The van der Waals surface area contributed by atoms with Crippen LogP contribution in [-0.2, 0) is 29.1 Å². The third-order valence-electron chi connectivity index (χ3n) is 5.96. The standard InChI is InChI=1S/C27H30F2N2O2S/c1-4-20(3)31(26(32)15-21-5-9-23(28)10-6-21)18-27(33)30(17-25-19(2)13-14-34-25)16-22-7-11-24(29)12-8-22/h5-14,20H,4,15-18H2,1-3H3. The van der Waals surface area contributed by atoms with Crippen molar-refractivity contribution in [1.29, 1.82) is 0 Å². The van der Waals surface area contributed by atoms with Crippen LogP contribution in [0.4, 0.5) is 8.78 Å². The number of thiophene rings is 1. The second-order valence-electron chi connectivity index (χ2n) is 8.49. The summed E-state index contributed by atoms with van der Waals surface area (Å²) in [5, 5.41) is 1.99. The molecule has 0 aliphatic rings. The molecule has 0 N–H and O–H groups in total. The molecule has 0 radical (unpaired) electrons. The highest BCUT2D eigenvalue weighted by Gasteiger charge is 2.25. The largest absolute Gasteiger partial charge is 0.332 e. The number of benzene rings is 2. The Kier molecular flexibility index (Phi) is 8.93. The first-order valence-electron chi connectivity index (χ1n) is 11.4. The number of carbonyl (C=O) groups excluding carboxylic acids is 2. The maximum absolute atomic E-state index is 13.5. The average Bonchev–Trinajstić information content (AvgIpc) is 3.23. The first kappa shape index (κ1) is 25.6. The van der Waals surface area contributed by atoms with Crippen LogP contribution in [-0.4, -0.2) is 34.2 Å². The van der Waals surface area contributed by atoms with E-state index in [1.165, 1.54) is 24.3 Å². The van der Waals surface area contributed by atoms with Crippen LogP contribution in [0.3, 0.4) is 0 Å². The summed E-state index contributed by atoms with van der Waals surface area (Å²) in [6, 6.07) is 13.8. The van der Waals surface area contributed by atoms with Crippen LogP contribution in [0.15, 0.2) is 60.0 Å². The Labute approximate surface area is 203 Å². The predicted molar refractivity (Wildman–Crippen MR) is 131 cm³/mol. The highest BCUT2D eigenvalue weighted by molar-refractivity contribution is 7.10. The molecule has 1 atom stereocenters. The fourth-order valence-electron chi connectivity index (χ4n) is 3.62. The van der Waals surface area contributed by atoms with Crippen LogP contribution in [0.2, 0.25) is 0 Å². The zero-order valence-electron chi connectivity index (χ0n) is 19.8. The van der Waals surface area contributed by atoms with Crippen molar-refractivity contribution in [3.63, 3.8) is 0 Å². The van der Waals surface area contributed by atoms with Crippen molar-refractivity contribution in [2.45, 2.75) is 52.7 Å². The molecule has 3 rings (SSSR count). The molecule has 0 aliphatic heterocycles. The third kappa shape index (κ3) is 6.97. The van der Waals surface area contributed by atoms with E-state index in [2.05, 4.69) is 0 Å². The molecule has 0 bridgehead atoms. The third-order valence-corrected chi connectivity index (χ3v) is 6.97. The van der Waals surface area contributed by atoms with E-state index in [0.717, 1.165) is 16.0 Å². The SMILES string of the molecule is CCC(C)N(CC(=O)N(Cc1ccc(F)cc1)Cc1sccc1C)C(=O)Cc1ccc(F)cc1. The van der Waals surface area contributed by atoms with Crippen LogP contribution in [0.5, 0.6) is 0 Å². The summed E-state index contributed by atoms with van der Waals surface area (Å²) in [5.74, 6) is -1.04. The molecule has 1 unspecified atom stereocenters. The molecule has 2 aromatic carbocycles. The quantitative estimate of drug-likeness (QED) is 0.369. The van der Waals surface area contributed by atoms with Gasteiger partial charge in [-0.1, -0.05) is 31.2 Å². The van der Waals surface area contributed by atoms with Gasteiger partial charge in [0.05, 0.1) is 13.0 Å². The van der Waals surface area contributed by atoms with E-state index in [4.69, 9.17) is 0 Å². The summed E-state index contributed by atoms with van der Waals surface area (Å²) in [5.41, 5.74) is 2.62. The zero-order chi connectivity index (χ0) is 24.7. The number of hydrogen-bond acceptors (Lipinski definition) is 3. The number of nitrogens with zero attached hydrogens (tertiary/aromatic N) is 2. The first-order valence-corrected chi connectivity index (χ1v) is 12.2. The number of aryl methyl sites for hydroxylation is 1. The van der Waals surface area contributed by atoms with Gasteiger partial charge in [0.25, 0.3) is 0 Å². The maximum Gasteiger partial charge on any atom is 0.242 e. The minimum absolute atomic E-state index is 0.0549. The Hall–Kier alpha value is -3.06. The van der Waals surface area contributed by atoms with Gasteiger partial charge >= 0.3 is 0 Å². The minimum Gasteiger partial charge on any atom is -0.332 e. The molecule has 1 heterocycles. The van der Waals surface area contributed by atoms with Gasteiger partial charge in [-0.15, -0.1) is 11.3 Å². The Morgan fingerprint density at radius 2 is 1.47 bits per heavy atom. The van der Waals surface area contributed by atoms with E-state index >= 15 is 0 Å². The molecule has 1 aromatic heterocycles. The van der Waals surface area contributed by atoms with Crippen molar-refractivity contribution < 1.29 is 18.4 Å². The van der Waals surface area contributed by atoms with Gasteiger partial charge in [-0.05, 0) is 72.7 Å². The highest BCUT2D eigenvalue weighted by atomic mass is 32.1. The van der Waals surface area contributed by atoms with Gasteiger partial charge in [-0.25, -0.2) is 8.78 Å². The lowest BCUT2D eigenvalue weighted by Gasteiger charge is -2.31. The summed E-state index contributed by atoms with van der Waals surface area (Å²) >= 11 is 1.58. The van der Waals surface area contributed by atoms with E-state index in [1.807, 2.05) is 32.2 Å². The van der Waals surface area contributed by atoms with Gasteiger partial charge in [-0.2, -0.15) is 0 Å². The van der Waals surface area contributed by atoms with Crippen LogP contribution >= 0.6 is 11.3 Å². The molecule has 4 nitrogen and oxygen atoms in total. The van der Waals surface area contributed by atoms with Gasteiger partial charge in [0.15, 0.2) is 0 Å². The van der Waals surface area contributed by atoms with Gasteiger partial charge in [0, 0.05) is 17.5 Å². The lowest BCUT2D eigenvalue weighted by molar-refractivity contribution is -0.142. The van der Waals surface area contributed by atoms with Gasteiger partial charge < -0.3 is 9.80 Å². The Bertz CT molecular complexity index is 1100. The van der Waals surface area contributed by atoms with Gasteiger partial charge in [-0.3, -0.25) is 9.59 Å². The molecule has 0 saturated carbocycles. The molecule has 0 aliphatic carbocycles. The van der Waals surface area contributed by atoms with Crippen LogP contribution in [0, 0.1) is 18.6 Å². The van der Waals surface area contributed by atoms with Gasteiger partial charge in [0.2, 0.25) is 11.8 Å². The number of amides is 2. The first-order chi connectivity index (χ1) is 16.3. The van der Waals surface area contributed by atoms with Crippen LogP contribution < -0.4 is 0 Å². The van der Waals surface area contributed by atoms with Crippen molar-refractivity contribution in [2.24, 2.45) is 0 Å². The molecule has 180 valence electrons. The lowest BCUT2D eigenvalue weighted by Crippen LogP contribution is -2.46. The second-order valence-corrected chi connectivity index (χ2v) is 9.49. The monoisotopic (exact) mass is 484 g/mol. The fourth-order valence-corrected chi connectivity index (χ4v) is 4.54. The minimum atomic E-state index is -0.356. The lowest BCUT2D eigenvalue weighted by atomic mass is 10.1. The molecule has 2 amide bonds. The Balaban J connectivity index is 1.79. The normalized spacial score (nSPS) is 11.8. The molecule has 3 aromatic rings. The average molecular weight is 485 g/mol. The topological polar surface area (TPSA) is 40.6 Å². The predicted octanol–water partition coefficient (Wildman–Crippen LogP) is 5.73. The summed E-state index contributed by atoms with van der Waals surface area (Å²) in [6.07, 6.45) is 0.796. The highest BCUT2D eigenvalue weighted by Crippen LogP contribution is 2.20. The Morgan fingerprint density at radius 3 is 2.00 bits per heavy atom. The molecule has 0 fully saturated rings. The van der Waals surface area contributed by atoms with E-state index in [9.17, 15) is 18.4 Å². The van der Waals surface area contributed by atoms with Crippen molar-refractivity contribution >= 4 is 23.2 Å². The van der Waals surface area contributed by atoms with E-state index in [1.54, 1.807) is 45.4 Å². The summed E-state index contributed by atoms with van der Waals surface area (Å²) in [6.45, 7) is 6.57. The molecule has 34 heavy (non-hydrogen) atoms. The number of carbonyl (C=O) groups is 2. The van der Waals surface area contributed by atoms with E-state index in [0.29, 0.717) is 25.1 Å². The molecule has 7 heteroatoms. The summed E-state index contributed by atoms with van der Waals surface area (Å²) in [4.78, 5) is 31.0. The van der Waals surface area contributed by atoms with Crippen molar-refractivity contribution in [2.75, 3.05) is 6.54 Å². The number of rotatable bonds is 10. The van der Waals surface area contributed by atoms with Crippen molar-refractivity contribution in [3.8, 4) is 0 Å². The Morgan fingerprint density at radius 1 is 0.882 bits per heavy atom. The van der Waals surface area contributed by atoms with Crippen molar-refractivity contribution in [3.05, 3.63) is 93.2 Å². The second kappa shape index (κ2) is 11.9. The zero-order valence-corrected chi connectivity index (χ0v) is 20.6. The molecular weight excluding hydrogens is 454 g/mol. The van der Waals surface area contributed by atoms with Gasteiger partial charge in [0.1, 0.15) is 18.2 Å². The smallest absolute Gasteiger partial charge is 0.242 e. The van der Waals surface area contributed by atoms with Crippen LogP contribution in [0.25, 0.3) is 0 Å². The fraction of sp³-hybridized carbons (Fsp3) is 0.333. The molecule has 0 spiro atoms. The molecule has 0 saturated heterocycles. The summed E-state index contributed by atoms with van der Waals surface area (Å²) in [7, 11) is 0. The van der Waals surface area contributed by atoms with E-state index in [-0.39, 0.29) is 42.5 Å².